The van der Waals surface area contributed by atoms with Crippen molar-refractivity contribution in [3.05, 3.63) is 0 Å². The van der Waals surface area contributed by atoms with Gasteiger partial charge >= 0.3 is 0 Å². The molecule has 0 aromatic heterocycles. The maximum Gasteiger partial charge on any atom is 0.220 e. The smallest absolute Gasteiger partial charge is 0.220 e. The molecule has 16 heavy (non-hydrogen) atoms. The van der Waals surface area contributed by atoms with Gasteiger partial charge in [0, 0.05) is 18.9 Å². The molecule has 0 aliphatic heterocycles. The molecule has 4 heteroatoms. The Labute approximate surface area is 104 Å². The molecule has 0 fully saturated rings. The Balaban J connectivity index is 4.04. The van der Waals surface area contributed by atoms with Gasteiger partial charge in [0.1, 0.15) is 0 Å². The standard InChI is InChI=1S/C12H24N2OS/c1-8(12(3,4)5)6-11(15)14-9(2)7-10(13)16/h8-9H,6-7H2,1-5H3,(H2,13,16)(H,14,15). The van der Waals surface area contributed by atoms with Crippen LogP contribution >= 0.6 is 12.2 Å². The van der Waals surface area contributed by atoms with E-state index >= 15 is 0 Å². The van der Waals surface area contributed by atoms with Crippen molar-refractivity contribution in [2.24, 2.45) is 17.1 Å². The van der Waals surface area contributed by atoms with Gasteiger partial charge in [-0.2, -0.15) is 0 Å². The largest absolute Gasteiger partial charge is 0.393 e. The van der Waals surface area contributed by atoms with E-state index in [-0.39, 0.29) is 17.4 Å². The lowest BCUT2D eigenvalue weighted by molar-refractivity contribution is -0.123. The second-order valence-electron chi connectivity index (χ2n) is 5.61. The fraction of sp³-hybridized carbons (Fsp3) is 0.833. The van der Waals surface area contributed by atoms with Crippen LogP contribution in [-0.4, -0.2) is 16.9 Å². The van der Waals surface area contributed by atoms with Crippen LogP contribution in [0.3, 0.4) is 0 Å². The normalized spacial score (nSPS) is 15.3. The molecule has 0 aromatic rings. The Kier molecular flexibility index (Phi) is 5.94. The number of hydrogen-bond donors (Lipinski definition) is 2. The predicted octanol–water partition coefficient (Wildman–Crippen LogP) is 2.24. The second-order valence-corrected chi connectivity index (χ2v) is 6.13. The molecule has 0 saturated heterocycles. The molecule has 0 aliphatic rings. The Morgan fingerprint density at radius 3 is 2.19 bits per heavy atom. The maximum absolute atomic E-state index is 11.7. The van der Waals surface area contributed by atoms with Crippen LogP contribution < -0.4 is 11.1 Å². The first-order chi connectivity index (χ1) is 7.12. The quantitative estimate of drug-likeness (QED) is 0.729. The van der Waals surface area contributed by atoms with Crippen LogP contribution in [0.25, 0.3) is 0 Å². The van der Waals surface area contributed by atoms with Crippen LogP contribution in [0.5, 0.6) is 0 Å². The minimum absolute atomic E-state index is 0.0252. The predicted molar refractivity (Wildman–Crippen MR) is 72.2 cm³/mol. The average Bonchev–Trinajstić information content (AvgIpc) is 1.98. The van der Waals surface area contributed by atoms with Crippen molar-refractivity contribution in [2.75, 3.05) is 0 Å². The summed E-state index contributed by atoms with van der Waals surface area (Å²) in [6.45, 7) is 10.4. The summed E-state index contributed by atoms with van der Waals surface area (Å²) in [4.78, 5) is 12.1. The third kappa shape index (κ3) is 6.77. The highest BCUT2D eigenvalue weighted by Gasteiger charge is 2.23. The molecule has 0 saturated carbocycles. The van der Waals surface area contributed by atoms with E-state index in [0.717, 1.165) is 0 Å². The van der Waals surface area contributed by atoms with E-state index in [0.29, 0.717) is 23.7 Å². The summed E-state index contributed by atoms with van der Waals surface area (Å²) in [5.74, 6) is 0.427. The summed E-state index contributed by atoms with van der Waals surface area (Å²) in [6, 6.07) is 0.0252. The van der Waals surface area contributed by atoms with Crippen LogP contribution in [-0.2, 0) is 4.79 Å². The van der Waals surface area contributed by atoms with E-state index in [1.807, 2.05) is 6.92 Å². The van der Waals surface area contributed by atoms with Gasteiger partial charge in [-0.25, -0.2) is 0 Å². The van der Waals surface area contributed by atoms with Crippen molar-refractivity contribution in [3.63, 3.8) is 0 Å². The molecule has 0 bridgehead atoms. The van der Waals surface area contributed by atoms with Crippen LogP contribution in [0.2, 0.25) is 0 Å². The van der Waals surface area contributed by atoms with E-state index in [2.05, 4.69) is 33.0 Å². The summed E-state index contributed by atoms with van der Waals surface area (Å²) < 4.78 is 0. The third-order valence-electron chi connectivity index (χ3n) is 2.88. The SMILES string of the molecule is CC(CC(N)=S)NC(=O)CC(C)C(C)(C)C. The molecule has 3 N–H and O–H groups in total. The second kappa shape index (κ2) is 6.18. The number of rotatable bonds is 5. The molecule has 1 amide bonds. The zero-order valence-electron chi connectivity index (χ0n) is 11.0. The van der Waals surface area contributed by atoms with E-state index in [1.54, 1.807) is 0 Å². The molecule has 0 rings (SSSR count). The van der Waals surface area contributed by atoms with E-state index in [4.69, 9.17) is 18.0 Å². The summed E-state index contributed by atoms with van der Waals surface area (Å²) in [5, 5.41) is 2.91. The van der Waals surface area contributed by atoms with Gasteiger partial charge in [-0.3, -0.25) is 4.79 Å². The van der Waals surface area contributed by atoms with Crippen molar-refractivity contribution in [1.29, 1.82) is 0 Å². The van der Waals surface area contributed by atoms with Gasteiger partial charge in [0.05, 0.1) is 4.99 Å². The Morgan fingerprint density at radius 1 is 1.31 bits per heavy atom. The fourth-order valence-electron chi connectivity index (χ4n) is 1.27. The molecule has 2 atom stereocenters. The summed E-state index contributed by atoms with van der Waals surface area (Å²) in [5.41, 5.74) is 5.58. The van der Waals surface area contributed by atoms with Crippen molar-refractivity contribution >= 4 is 23.1 Å². The number of nitrogens with two attached hydrogens (primary N) is 1. The summed E-state index contributed by atoms with van der Waals surface area (Å²) >= 11 is 4.80. The summed E-state index contributed by atoms with van der Waals surface area (Å²) in [7, 11) is 0. The van der Waals surface area contributed by atoms with Crippen molar-refractivity contribution in [3.8, 4) is 0 Å². The van der Waals surface area contributed by atoms with Crippen molar-refractivity contribution in [1.82, 2.24) is 5.32 Å². The number of carbonyl (C=O) groups is 1. The van der Waals surface area contributed by atoms with Crippen LogP contribution in [0, 0.1) is 11.3 Å². The first kappa shape index (κ1) is 15.4. The summed E-state index contributed by atoms with van der Waals surface area (Å²) in [6.07, 6.45) is 1.11. The van der Waals surface area contributed by atoms with Gasteiger partial charge < -0.3 is 11.1 Å². The van der Waals surface area contributed by atoms with Crippen LogP contribution in [0.4, 0.5) is 0 Å². The minimum atomic E-state index is 0.0252. The topological polar surface area (TPSA) is 55.1 Å². The van der Waals surface area contributed by atoms with E-state index < -0.39 is 0 Å². The molecule has 0 radical (unpaired) electrons. The van der Waals surface area contributed by atoms with Crippen LogP contribution in [0.15, 0.2) is 0 Å². The monoisotopic (exact) mass is 244 g/mol. The van der Waals surface area contributed by atoms with Gasteiger partial charge in [-0.15, -0.1) is 0 Å². The molecule has 0 aromatic carbocycles. The lowest BCUT2D eigenvalue weighted by Gasteiger charge is -2.27. The molecular weight excluding hydrogens is 220 g/mol. The van der Waals surface area contributed by atoms with Gasteiger partial charge in [0.25, 0.3) is 0 Å². The Morgan fingerprint density at radius 2 is 1.81 bits per heavy atom. The molecule has 0 heterocycles. The van der Waals surface area contributed by atoms with Gasteiger partial charge in [-0.05, 0) is 18.3 Å². The first-order valence-electron chi connectivity index (χ1n) is 5.70. The Bertz CT molecular complexity index is 258. The molecule has 0 spiro atoms. The zero-order valence-corrected chi connectivity index (χ0v) is 11.8. The van der Waals surface area contributed by atoms with E-state index in [1.165, 1.54) is 0 Å². The minimum Gasteiger partial charge on any atom is -0.393 e. The van der Waals surface area contributed by atoms with Crippen LogP contribution in [0.1, 0.15) is 47.5 Å². The fourth-order valence-corrected chi connectivity index (χ4v) is 1.52. The lowest BCUT2D eigenvalue weighted by Crippen LogP contribution is -2.37. The van der Waals surface area contributed by atoms with Gasteiger partial charge in [0.15, 0.2) is 0 Å². The van der Waals surface area contributed by atoms with E-state index in [9.17, 15) is 4.79 Å². The average molecular weight is 244 g/mol. The number of hydrogen-bond acceptors (Lipinski definition) is 2. The highest BCUT2D eigenvalue weighted by Crippen LogP contribution is 2.27. The van der Waals surface area contributed by atoms with Crippen molar-refractivity contribution in [2.45, 2.75) is 53.5 Å². The maximum atomic E-state index is 11.7. The number of thiocarbonyl (C=S) groups is 1. The third-order valence-corrected chi connectivity index (χ3v) is 3.05. The van der Waals surface area contributed by atoms with Gasteiger partial charge in [0.2, 0.25) is 5.91 Å². The molecule has 94 valence electrons. The van der Waals surface area contributed by atoms with Gasteiger partial charge in [-0.1, -0.05) is 39.9 Å². The highest BCUT2D eigenvalue weighted by molar-refractivity contribution is 7.80. The lowest BCUT2D eigenvalue weighted by atomic mass is 9.80. The molecule has 0 aliphatic carbocycles. The molecule has 2 unspecified atom stereocenters. The Hall–Kier alpha value is -0.640. The number of nitrogens with one attached hydrogen (secondary N) is 1. The first-order valence-corrected chi connectivity index (χ1v) is 6.11. The zero-order chi connectivity index (χ0) is 12.9. The molecule has 3 nitrogen and oxygen atoms in total. The number of carbonyl (C=O) groups excluding carboxylic acids is 1. The number of amides is 1. The van der Waals surface area contributed by atoms with Crippen molar-refractivity contribution < 1.29 is 4.79 Å². The molecular formula is C12H24N2OS. The highest BCUT2D eigenvalue weighted by atomic mass is 32.1.